The molecular weight excluding hydrogens is 923 g/mol. The molecule has 1 N–H and O–H groups in total. The number of allylic oxidation sites excluding steroid dienone is 10. The van der Waals surface area contributed by atoms with Crippen molar-refractivity contribution in [3.8, 4) is 0 Å². The normalized spacial score (nSPS) is 13.1. The zero-order valence-corrected chi connectivity index (χ0v) is 49.0. The van der Waals surface area contributed by atoms with E-state index in [0.29, 0.717) is 17.4 Å². The Morgan fingerprint density at radius 1 is 0.419 bits per heavy atom. The van der Waals surface area contributed by atoms with E-state index in [2.05, 4.69) is 74.6 Å². The monoisotopic (exact) mass is 1040 g/mol. The zero-order chi connectivity index (χ0) is 54.1. The number of aliphatic carboxylic acids is 1. The third kappa shape index (κ3) is 56.7. The second-order valence-corrected chi connectivity index (χ2v) is 22.0. The Hall–Kier alpha value is -3.01. The highest BCUT2D eigenvalue weighted by atomic mass is 16.7. The van der Waals surface area contributed by atoms with Crippen molar-refractivity contribution in [2.45, 2.75) is 289 Å². The van der Waals surface area contributed by atoms with Crippen LogP contribution in [0.4, 0.5) is 0 Å². The number of carbonyl (C=O) groups excluding carboxylic acids is 2. The Kier molecular flexibility index (Phi) is 53.9. The van der Waals surface area contributed by atoms with Crippen LogP contribution in [0.3, 0.4) is 0 Å². The van der Waals surface area contributed by atoms with Gasteiger partial charge in [0, 0.05) is 12.8 Å². The average Bonchev–Trinajstić information content (AvgIpc) is 3.37. The fourth-order valence-electron chi connectivity index (χ4n) is 8.81. The lowest BCUT2D eigenvalue weighted by atomic mass is 10.0. The first-order chi connectivity index (χ1) is 36.1. The first-order valence-electron chi connectivity index (χ1n) is 31.0. The van der Waals surface area contributed by atoms with Crippen molar-refractivity contribution < 1.29 is 42.9 Å². The number of nitrogens with zero attached hydrogens (tertiary/aromatic N) is 1. The predicted octanol–water partition coefficient (Wildman–Crippen LogP) is 18.4. The molecule has 0 saturated carbocycles. The molecule has 9 nitrogen and oxygen atoms in total. The molecule has 0 bridgehead atoms. The summed E-state index contributed by atoms with van der Waals surface area (Å²) in [7, 11) is 5.97. The van der Waals surface area contributed by atoms with Gasteiger partial charge >= 0.3 is 17.9 Å². The van der Waals surface area contributed by atoms with Crippen LogP contribution in [0.25, 0.3) is 0 Å². The van der Waals surface area contributed by atoms with Crippen LogP contribution in [-0.2, 0) is 33.3 Å². The lowest BCUT2D eigenvalue weighted by Crippen LogP contribution is -2.40. The molecule has 0 aromatic carbocycles. The lowest BCUT2D eigenvalue weighted by Gasteiger charge is -2.25. The van der Waals surface area contributed by atoms with Crippen molar-refractivity contribution in [3.05, 3.63) is 60.8 Å². The first-order valence-corrected chi connectivity index (χ1v) is 31.0. The summed E-state index contributed by atoms with van der Waals surface area (Å²) in [4.78, 5) is 37.5. The molecule has 0 aliphatic rings. The average molecular weight is 1040 g/mol. The van der Waals surface area contributed by atoms with Crippen LogP contribution < -0.4 is 0 Å². The van der Waals surface area contributed by atoms with Gasteiger partial charge in [0.2, 0.25) is 0 Å². The van der Waals surface area contributed by atoms with Crippen molar-refractivity contribution in [2.75, 3.05) is 47.5 Å². The quantitative estimate of drug-likeness (QED) is 0.0211. The molecule has 0 aliphatic carbocycles. The molecule has 430 valence electrons. The Morgan fingerprint density at radius 3 is 1.15 bits per heavy atom. The van der Waals surface area contributed by atoms with Gasteiger partial charge in [-0.2, -0.15) is 0 Å². The van der Waals surface area contributed by atoms with Gasteiger partial charge in [-0.25, -0.2) is 4.79 Å². The molecule has 74 heavy (non-hydrogen) atoms. The number of hydrogen-bond donors (Lipinski definition) is 1. The highest BCUT2D eigenvalue weighted by molar-refractivity contribution is 5.71. The molecule has 2 atom stereocenters. The molecular formula is C65H118NO8+. The van der Waals surface area contributed by atoms with Gasteiger partial charge in [-0.05, 0) is 57.8 Å². The molecule has 0 heterocycles. The number of quaternary nitrogens is 1. The Bertz CT molecular complexity index is 1400. The number of ether oxygens (including phenoxy) is 4. The zero-order valence-electron chi connectivity index (χ0n) is 49.0. The van der Waals surface area contributed by atoms with Crippen molar-refractivity contribution >= 4 is 17.9 Å². The van der Waals surface area contributed by atoms with Crippen LogP contribution in [0, 0.1) is 0 Å². The van der Waals surface area contributed by atoms with Crippen LogP contribution in [0.5, 0.6) is 0 Å². The van der Waals surface area contributed by atoms with Crippen LogP contribution >= 0.6 is 0 Å². The Labute approximate surface area is 456 Å². The number of hydrogen-bond acceptors (Lipinski definition) is 7. The van der Waals surface area contributed by atoms with E-state index >= 15 is 0 Å². The number of likely N-dealkylation sites (N-methyl/N-ethyl adjacent to an activating group) is 1. The topological polar surface area (TPSA) is 108 Å². The first kappa shape index (κ1) is 71.0. The van der Waals surface area contributed by atoms with E-state index < -0.39 is 24.3 Å². The highest BCUT2D eigenvalue weighted by Gasteiger charge is 2.25. The minimum absolute atomic E-state index is 0.181. The lowest BCUT2D eigenvalue weighted by molar-refractivity contribution is -0.870. The predicted molar refractivity (Wildman–Crippen MR) is 313 cm³/mol. The number of esters is 2. The smallest absolute Gasteiger partial charge is 0.361 e. The van der Waals surface area contributed by atoms with Crippen LogP contribution in [-0.4, -0.2) is 87.4 Å². The number of rotatable bonds is 57. The SMILES string of the molecule is CC/C=C\C/C=C\C/C=C\C/C=C\C/C=C\CCCCCCCCCCCCCC(=O)OC(COC(=O)CCCCCCCCCCCCCCCCCCCCCCCC)COC(OCC[N+](C)(C)C)C(=O)O. The van der Waals surface area contributed by atoms with Crippen LogP contribution in [0.1, 0.15) is 277 Å². The van der Waals surface area contributed by atoms with E-state index in [9.17, 15) is 19.5 Å². The summed E-state index contributed by atoms with van der Waals surface area (Å²) in [5.74, 6) is -2.00. The number of carboxylic acid groups (broad SMARTS) is 1. The van der Waals surface area contributed by atoms with Gasteiger partial charge in [0.05, 0.1) is 34.4 Å². The molecule has 0 amide bonds. The van der Waals surface area contributed by atoms with Gasteiger partial charge in [-0.3, -0.25) is 9.59 Å². The van der Waals surface area contributed by atoms with Crippen LogP contribution in [0.15, 0.2) is 60.8 Å². The van der Waals surface area contributed by atoms with Gasteiger partial charge in [0.15, 0.2) is 6.10 Å². The summed E-state index contributed by atoms with van der Waals surface area (Å²) in [6.45, 7) is 4.80. The van der Waals surface area contributed by atoms with E-state index in [4.69, 9.17) is 18.9 Å². The van der Waals surface area contributed by atoms with Gasteiger partial charge in [0.25, 0.3) is 6.29 Å². The van der Waals surface area contributed by atoms with E-state index in [-0.39, 0.29) is 32.2 Å². The number of carbonyl (C=O) groups is 3. The second kappa shape index (κ2) is 56.2. The van der Waals surface area contributed by atoms with Crippen molar-refractivity contribution in [3.63, 3.8) is 0 Å². The number of unbranched alkanes of at least 4 members (excludes halogenated alkanes) is 32. The summed E-state index contributed by atoms with van der Waals surface area (Å²) in [6.07, 6.45) is 68.7. The van der Waals surface area contributed by atoms with E-state index in [1.165, 1.54) is 173 Å². The molecule has 0 aromatic rings. The van der Waals surface area contributed by atoms with Gasteiger partial charge < -0.3 is 28.5 Å². The largest absolute Gasteiger partial charge is 0.477 e. The molecule has 9 heteroatoms. The minimum atomic E-state index is -1.51. The van der Waals surface area contributed by atoms with E-state index in [1.54, 1.807) is 0 Å². The van der Waals surface area contributed by atoms with Gasteiger partial charge in [-0.15, -0.1) is 0 Å². The molecule has 0 aliphatic heterocycles. The molecule has 0 spiro atoms. The minimum Gasteiger partial charge on any atom is -0.477 e. The summed E-state index contributed by atoms with van der Waals surface area (Å²) in [5, 5.41) is 9.72. The summed E-state index contributed by atoms with van der Waals surface area (Å²) in [5.41, 5.74) is 0. The van der Waals surface area contributed by atoms with Crippen molar-refractivity contribution in [1.82, 2.24) is 0 Å². The third-order valence-corrected chi connectivity index (χ3v) is 13.5. The maximum Gasteiger partial charge on any atom is 0.361 e. The molecule has 0 saturated heterocycles. The van der Waals surface area contributed by atoms with Gasteiger partial charge in [0.1, 0.15) is 13.2 Å². The van der Waals surface area contributed by atoms with E-state index in [0.717, 1.165) is 77.0 Å². The van der Waals surface area contributed by atoms with Crippen LogP contribution in [0.2, 0.25) is 0 Å². The standard InChI is InChI=1S/C65H117NO8/c1-6-8-10-12-14-16-18-20-22-24-26-28-30-31-32-33-34-36-38-40-42-44-46-48-50-52-54-56-63(68)74-61(60-73-65(64(69)70)71-58-57-66(3,4)5)59-72-62(67)55-53-51-49-47-45-43-41-39-37-35-29-27-25-23-21-19-17-15-13-11-9-7-2/h8,10,14,16,20,22,26,28,31-32,61,65H,6-7,9,11-13,15,17-19,21,23-25,27,29-30,33-60H2,1-5H3/p+1/b10-8-,16-14-,22-20-,28-26-,32-31-. The molecule has 0 rings (SSSR count). The van der Waals surface area contributed by atoms with Gasteiger partial charge in [-0.1, -0.05) is 267 Å². The summed E-state index contributed by atoms with van der Waals surface area (Å²) >= 11 is 0. The molecule has 2 unspecified atom stereocenters. The highest BCUT2D eigenvalue weighted by Crippen LogP contribution is 2.17. The summed E-state index contributed by atoms with van der Waals surface area (Å²) in [6, 6.07) is 0. The van der Waals surface area contributed by atoms with Crippen molar-refractivity contribution in [2.24, 2.45) is 0 Å². The fourth-order valence-corrected chi connectivity index (χ4v) is 8.81. The Balaban J connectivity index is 4.20. The molecule has 0 radical (unpaired) electrons. The fraction of sp³-hybridized carbons (Fsp3) is 0.800. The maximum atomic E-state index is 12.9. The number of carboxylic acids is 1. The van der Waals surface area contributed by atoms with E-state index in [1.807, 2.05) is 21.1 Å². The molecule has 0 aromatic heterocycles. The molecule has 0 fully saturated rings. The second-order valence-electron chi connectivity index (χ2n) is 22.0. The van der Waals surface area contributed by atoms with Crippen molar-refractivity contribution in [1.29, 1.82) is 0 Å². The Morgan fingerprint density at radius 2 is 0.770 bits per heavy atom. The summed E-state index contributed by atoms with van der Waals surface area (Å²) < 4.78 is 22.9. The third-order valence-electron chi connectivity index (χ3n) is 13.5. The maximum absolute atomic E-state index is 12.9.